The molecule has 0 fully saturated rings. The van der Waals surface area contributed by atoms with Crippen molar-refractivity contribution < 1.29 is 4.92 Å². The fourth-order valence-corrected chi connectivity index (χ4v) is 2.70. The number of fused-ring (bicyclic) bond motifs is 1. The third kappa shape index (κ3) is 2.33. The number of benzene rings is 1. The van der Waals surface area contributed by atoms with Crippen molar-refractivity contribution in [1.82, 2.24) is 4.98 Å². The predicted molar refractivity (Wildman–Crippen MR) is 80.0 cm³/mol. The molecule has 0 spiro atoms. The smallest absolute Gasteiger partial charge is 0.295 e. The lowest BCUT2D eigenvalue weighted by atomic mass is 10.1. The van der Waals surface area contributed by atoms with Crippen LogP contribution < -0.4 is 5.32 Å². The van der Waals surface area contributed by atoms with Crippen LogP contribution in [-0.2, 0) is 6.54 Å². The Morgan fingerprint density at radius 3 is 2.90 bits per heavy atom. The maximum absolute atomic E-state index is 11.0. The fourth-order valence-electron chi connectivity index (χ4n) is 2.06. The van der Waals surface area contributed by atoms with Crippen LogP contribution in [-0.4, -0.2) is 9.91 Å². The molecule has 0 aliphatic rings. The van der Waals surface area contributed by atoms with Gasteiger partial charge in [0.05, 0.1) is 4.92 Å². The molecule has 0 saturated carbocycles. The number of anilines is 1. The molecule has 0 bridgehead atoms. The highest BCUT2D eigenvalue weighted by Gasteiger charge is 2.14. The number of para-hydroxylation sites is 1. The van der Waals surface area contributed by atoms with Gasteiger partial charge in [0, 0.05) is 34.8 Å². The van der Waals surface area contributed by atoms with Gasteiger partial charge in [-0.15, -0.1) is 11.3 Å². The molecule has 0 aliphatic carbocycles. The molecule has 5 nitrogen and oxygen atoms in total. The number of pyridine rings is 1. The first-order valence-electron chi connectivity index (χ1n) is 6.04. The summed E-state index contributed by atoms with van der Waals surface area (Å²) >= 11 is 1.67. The normalized spacial score (nSPS) is 10.6. The minimum atomic E-state index is -0.404. The van der Waals surface area contributed by atoms with Gasteiger partial charge < -0.3 is 5.32 Å². The highest BCUT2D eigenvalue weighted by molar-refractivity contribution is 7.09. The Labute approximate surface area is 119 Å². The summed E-state index contributed by atoms with van der Waals surface area (Å²) in [6, 6.07) is 10.9. The van der Waals surface area contributed by atoms with E-state index < -0.39 is 4.92 Å². The standard InChI is InChI=1S/C14H11N3O2S/c18-17(19)13-5-1-4-11-12(6-7-15-14(11)13)16-9-10-3-2-8-20-10/h1-8H,9H2,(H,15,16). The molecule has 3 rings (SSSR count). The van der Waals surface area contributed by atoms with Crippen molar-refractivity contribution in [1.29, 1.82) is 0 Å². The molecule has 100 valence electrons. The number of nitro groups is 1. The van der Waals surface area contributed by atoms with Crippen LogP contribution in [0.3, 0.4) is 0 Å². The summed E-state index contributed by atoms with van der Waals surface area (Å²) in [5, 5.41) is 17.1. The van der Waals surface area contributed by atoms with Crippen LogP contribution in [0.4, 0.5) is 11.4 Å². The number of thiophene rings is 1. The molecule has 0 atom stereocenters. The second-order valence-corrected chi connectivity index (χ2v) is 5.25. The average molecular weight is 285 g/mol. The second-order valence-electron chi connectivity index (χ2n) is 4.22. The van der Waals surface area contributed by atoms with Gasteiger partial charge in [-0.2, -0.15) is 0 Å². The summed E-state index contributed by atoms with van der Waals surface area (Å²) in [6.07, 6.45) is 1.59. The van der Waals surface area contributed by atoms with Gasteiger partial charge in [0.2, 0.25) is 0 Å². The Kier molecular flexibility index (Phi) is 3.30. The predicted octanol–water partition coefficient (Wildman–Crippen LogP) is 3.82. The van der Waals surface area contributed by atoms with E-state index in [1.807, 2.05) is 29.6 Å². The highest BCUT2D eigenvalue weighted by atomic mass is 32.1. The largest absolute Gasteiger partial charge is 0.380 e. The molecule has 1 aromatic carbocycles. The molecule has 0 amide bonds. The van der Waals surface area contributed by atoms with E-state index in [2.05, 4.69) is 10.3 Å². The van der Waals surface area contributed by atoms with Crippen LogP contribution in [0.25, 0.3) is 10.9 Å². The van der Waals surface area contributed by atoms with Crippen LogP contribution in [0.5, 0.6) is 0 Å². The van der Waals surface area contributed by atoms with Crippen molar-refractivity contribution in [3.8, 4) is 0 Å². The van der Waals surface area contributed by atoms with Crippen LogP contribution in [0.1, 0.15) is 4.88 Å². The maximum Gasteiger partial charge on any atom is 0.295 e. The molecular formula is C14H11N3O2S. The molecular weight excluding hydrogens is 274 g/mol. The molecule has 20 heavy (non-hydrogen) atoms. The van der Waals surface area contributed by atoms with Gasteiger partial charge in [-0.05, 0) is 17.5 Å². The minimum Gasteiger partial charge on any atom is -0.380 e. The number of aromatic nitrogens is 1. The van der Waals surface area contributed by atoms with Gasteiger partial charge in [-0.3, -0.25) is 10.1 Å². The topological polar surface area (TPSA) is 68.1 Å². The van der Waals surface area contributed by atoms with E-state index in [9.17, 15) is 10.1 Å². The van der Waals surface area contributed by atoms with Crippen molar-refractivity contribution in [3.63, 3.8) is 0 Å². The van der Waals surface area contributed by atoms with Crippen LogP contribution in [0.15, 0.2) is 48.0 Å². The summed E-state index contributed by atoms with van der Waals surface area (Å²) in [5.41, 5.74) is 1.29. The molecule has 2 heterocycles. The number of nitro benzene ring substituents is 1. The molecule has 0 saturated heterocycles. The zero-order valence-electron chi connectivity index (χ0n) is 10.4. The van der Waals surface area contributed by atoms with Crippen LogP contribution >= 0.6 is 11.3 Å². The van der Waals surface area contributed by atoms with Crippen LogP contribution in [0.2, 0.25) is 0 Å². The Bertz CT molecular complexity index is 756. The van der Waals surface area contributed by atoms with Gasteiger partial charge >= 0.3 is 0 Å². The van der Waals surface area contributed by atoms with Crippen molar-refractivity contribution >= 4 is 33.6 Å². The van der Waals surface area contributed by atoms with Crippen molar-refractivity contribution in [2.75, 3.05) is 5.32 Å². The van der Waals surface area contributed by atoms with Crippen molar-refractivity contribution in [2.45, 2.75) is 6.54 Å². The highest BCUT2D eigenvalue weighted by Crippen LogP contribution is 2.28. The lowest BCUT2D eigenvalue weighted by molar-refractivity contribution is -0.383. The number of hydrogen-bond acceptors (Lipinski definition) is 5. The van der Waals surface area contributed by atoms with E-state index in [-0.39, 0.29) is 5.69 Å². The van der Waals surface area contributed by atoms with E-state index in [0.29, 0.717) is 12.1 Å². The number of rotatable bonds is 4. The van der Waals surface area contributed by atoms with Gasteiger partial charge in [0.25, 0.3) is 5.69 Å². The summed E-state index contributed by atoms with van der Waals surface area (Å²) in [6.45, 7) is 0.694. The monoisotopic (exact) mass is 285 g/mol. The van der Waals surface area contributed by atoms with Gasteiger partial charge in [0.15, 0.2) is 0 Å². The number of non-ortho nitro benzene ring substituents is 1. The van der Waals surface area contributed by atoms with Crippen molar-refractivity contribution in [2.24, 2.45) is 0 Å². The summed E-state index contributed by atoms with van der Waals surface area (Å²) in [5.74, 6) is 0. The summed E-state index contributed by atoms with van der Waals surface area (Å²) in [4.78, 5) is 16.0. The number of nitrogens with one attached hydrogen (secondary N) is 1. The third-order valence-electron chi connectivity index (χ3n) is 2.98. The Hall–Kier alpha value is -2.47. The van der Waals surface area contributed by atoms with E-state index in [1.54, 1.807) is 23.6 Å². The second kappa shape index (κ2) is 5.26. The van der Waals surface area contributed by atoms with E-state index >= 15 is 0 Å². The van der Waals surface area contributed by atoms with E-state index in [1.165, 1.54) is 10.9 Å². The van der Waals surface area contributed by atoms with Gasteiger partial charge in [0.1, 0.15) is 5.52 Å². The molecule has 6 heteroatoms. The van der Waals surface area contributed by atoms with Crippen LogP contribution in [0, 0.1) is 10.1 Å². The molecule has 1 N–H and O–H groups in total. The fraction of sp³-hybridized carbons (Fsp3) is 0.0714. The molecule has 0 radical (unpaired) electrons. The third-order valence-corrected chi connectivity index (χ3v) is 3.86. The van der Waals surface area contributed by atoms with E-state index in [0.717, 1.165) is 11.1 Å². The minimum absolute atomic E-state index is 0.0299. The number of nitrogens with zero attached hydrogens (tertiary/aromatic N) is 2. The zero-order valence-corrected chi connectivity index (χ0v) is 11.3. The number of hydrogen-bond donors (Lipinski definition) is 1. The Morgan fingerprint density at radius 1 is 1.25 bits per heavy atom. The Balaban J connectivity index is 1.99. The first-order valence-corrected chi connectivity index (χ1v) is 6.92. The lowest BCUT2D eigenvalue weighted by Crippen LogP contribution is -1.99. The SMILES string of the molecule is O=[N+]([O-])c1cccc2c(NCc3cccs3)ccnc12. The Morgan fingerprint density at radius 2 is 2.15 bits per heavy atom. The van der Waals surface area contributed by atoms with Gasteiger partial charge in [-0.25, -0.2) is 4.98 Å². The van der Waals surface area contributed by atoms with Gasteiger partial charge in [-0.1, -0.05) is 18.2 Å². The first-order chi connectivity index (χ1) is 9.75. The van der Waals surface area contributed by atoms with Crippen molar-refractivity contribution in [3.05, 3.63) is 63.0 Å². The average Bonchev–Trinajstić information content (AvgIpc) is 2.97. The molecule has 0 aliphatic heterocycles. The first kappa shape index (κ1) is 12.6. The van der Waals surface area contributed by atoms with E-state index in [4.69, 9.17) is 0 Å². The quantitative estimate of drug-likeness (QED) is 0.584. The summed E-state index contributed by atoms with van der Waals surface area (Å²) < 4.78 is 0. The maximum atomic E-state index is 11.0. The molecule has 2 aromatic heterocycles. The zero-order chi connectivity index (χ0) is 13.9. The lowest BCUT2D eigenvalue weighted by Gasteiger charge is -2.08. The summed E-state index contributed by atoms with van der Waals surface area (Å²) in [7, 11) is 0. The molecule has 3 aromatic rings. The molecule has 0 unspecified atom stereocenters.